The number of imidazole rings is 1. The average Bonchev–Trinajstić information content (AvgIpc) is 2.95. The number of nitrogens with one attached hydrogen (secondary N) is 1. The number of benzene rings is 1. The van der Waals surface area contributed by atoms with Gasteiger partial charge in [0, 0.05) is 31.3 Å². The topological polar surface area (TPSA) is 56.1 Å². The number of fused-ring (bicyclic) bond motifs is 1. The predicted octanol–water partition coefficient (Wildman–Crippen LogP) is 3.91. The maximum Gasteiger partial charge on any atom is 0.407 e. The molecule has 5 nitrogen and oxygen atoms in total. The maximum absolute atomic E-state index is 11.9. The second-order valence-electron chi connectivity index (χ2n) is 7.21. The van der Waals surface area contributed by atoms with E-state index in [1.165, 1.54) is 12.8 Å². The van der Waals surface area contributed by atoms with Crippen molar-refractivity contribution in [2.24, 2.45) is 0 Å². The second kappa shape index (κ2) is 6.67. The van der Waals surface area contributed by atoms with Crippen molar-refractivity contribution in [2.75, 3.05) is 0 Å². The van der Waals surface area contributed by atoms with Crippen molar-refractivity contribution in [1.29, 1.82) is 0 Å². The minimum atomic E-state index is -0.494. The van der Waals surface area contributed by atoms with Crippen LogP contribution in [0.3, 0.4) is 0 Å². The maximum atomic E-state index is 11.9. The van der Waals surface area contributed by atoms with Crippen molar-refractivity contribution >= 4 is 6.09 Å². The average molecular weight is 327 g/mol. The number of rotatable bonds is 3. The Bertz CT molecular complexity index is 705. The van der Waals surface area contributed by atoms with Gasteiger partial charge in [-0.2, -0.15) is 0 Å². The van der Waals surface area contributed by atoms with Gasteiger partial charge in [0.15, 0.2) is 0 Å². The standard InChI is InChI=1S/C19H25N3O2/c1-19(2,3)24-18(23)20-12-14-8-4-5-9-15(14)16-13-22-11-7-6-10-17(22)21-16/h4-5,8-9,13H,6-7,10-12H2,1-3H3,(H,20,23). The van der Waals surface area contributed by atoms with Gasteiger partial charge in [0.25, 0.3) is 0 Å². The summed E-state index contributed by atoms with van der Waals surface area (Å²) in [6, 6.07) is 8.06. The molecule has 0 spiro atoms. The fraction of sp³-hybridized carbons (Fsp3) is 0.474. The molecule has 1 aliphatic heterocycles. The Hall–Kier alpha value is -2.30. The highest BCUT2D eigenvalue weighted by molar-refractivity contribution is 5.69. The molecule has 5 heteroatoms. The Morgan fingerprint density at radius 3 is 2.83 bits per heavy atom. The van der Waals surface area contributed by atoms with E-state index >= 15 is 0 Å². The molecule has 0 radical (unpaired) electrons. The Morgan fingerprint density at radius 1 is 1.29 bits per heavy atom. The van der Waals surface area contributed by atoms with Crippen LogP contribution < -0.4 is 5.32 Å². The first-order valence-corrected chi connectivity index (χ1v) is 8.53. The van der Waals surface area contributed by atoms with Gasteiger partial charge in [-0.1, -0.05) is 24.3 Å². The van der Waals surface area contributed by atoms with Gasteiger partial charge >= 0.3 is 6.09 Å². The van der Waals surface area contributed by atoms with Crippen molar-refractivity contribution < 1.29 is 9.53 Å². The predicted molar refractivity (Wildman–Crippen MR) is 93.7 cm³/mol. The summed E-state index contributed by atoms with van der Waals surface area (Å²) in [4.78, 5) is 16.7. The monoisotopic (exact) mass is 327 g/mol. The minimum absolute atomic E-state index is 0.401. The summed E-state index contributed by atoms with van der Waals surface area (Å²) < 4.78 is 7.55. The van der Waals surface area contributed by atoms with Gasteiger partial charge in [0.1, 0.15) is 11.4 Å². The molecule has 3 rings (SSSR count). The van der Waals surface area contributed by atoms with Crippen LogP contribution in [0.4, 0.5) is 4.79 Å². The van der Waals surface area contributed by atoms with Crippen LogP contribution in [0, 0.1) is 0 Å². The Labute approximate surface area is 143 Å². The largest absolute Gasteiger partial charge is 0.444 e. The van der Waals surface area contributed by atoms with E-state index < -0.39 is 11.7 Å². The smallest absolute Gasteiger partial charge is 0.407 e. The van der Waals surface area contributed by atoms with Crippen LogP contribution in [0.25, 0.3) is 11.3 Å². The molecule has 0 saturated heterocycles. The van der Waals surface area contributed by atoms with E-state index in [0.29, 0.717) is 6.54 Å². The summed E-state index contributed by atoms with van der Waals surface area (Å²) in [5, 5.41) is 2.83. The third-order valence-electron chi connectivity index (χ3n) is 4.02. The molecule has 1 N–H and O–H groups in total. The van der Waals surface area contributed by atoms with E-state index in [4.69, 9.17) is 9.72 Å². The molecule has 0 saturated carbocycles. The number of carbonyl (C=O) groups excluding carboxylic acids is 1. The highest BCUT2D eigenvalue weighted by atomic mass is 16.6. The first-order valence-electron chi connectivity index (χ1n) is 8.53. The fourth-order valence-corrected chi connectivity index (χ4v) is 2.95. The normalized spacial score (nSPS) is 14.1. The third kappa shape index (κ3) is 3.96. The molecule has 0 unspecified atom stereocenters. The Kier molecular flexibility index (Phi) is 4.60. The van der Waals surface area contributed by atoms with Gasteiger partial charge in [0.2, 0.25) is 0 Å². The zero-order valence-corrected chi connectivity index (χ0v) is 14.6. The zero-order valence-electron chi connectivity index (χ0n) is 14.6. The number of carbonyl (C=O) groups is 1. The van der Waals surface area contributed by atoms with Crippen LogP contribution in [-0.4, -0.2) is 21.2 Å². The van der Waals surface area contributed by atoms with E-state index in [-0.39, 0.29) is 0 Å². The fourth-order valence-electron chi connectivity index (χ4n) is 2.95. The first kappa shape index (κ1) is 16.6. The lowest BCUT2D eigenvalue weighted by Crippen LogP contribution is -2.32. The number of alkyl carbamates (subject to hydrolysis) is 1. The quantitative estimate of drug-likeness (QED) is 0.930. The molecule has 0 fully saturated rings. The van der Waals surface area contributed by atoms with Crippen molar-refractivity contribution in [2.45, 2.75) is 58.7 Å². The summed E-state index contributed by atoms with van der Waals surface area (Å²) in [6.07, 6.45) is 5.18. The lowest BCUT2D eigenvalue weighted by molar-refractivity contribution is 0.0523. The van der Waals surface area contributed by atoms with E-state index in [2.05, 4.69) is 22.1 Å². The summed E-state index contributed by atoms with van der Waals surface area (Å²) in [5.41, 5.74) is 2.59. The van der Waals surface area contributed by atoms with Crippen LogP contribution in [0.5, 0.6) is 0 Å². The summed E-state index contributed by atoms with van der Waals surface area (Å²) >= 11 is 0. The highest BCUT2D eigenvalue weighted by Gasteiger charge is 2.18. The SMILES string of the molecule is CC(C)(C)OC(=O)NCc1ccccc1-c1cn2c(n1)CCCC2. The Balaban J connectivity index is 1.76. The summed E-state index contributed by atoms with van der Waals surface area (Å²) in [7, 11) is 0. The number of nitrogens with zero attached hydrogens (tertiary/aromatic N) is 2. The van der Waals surface area contributed by atoms with E-state index in [0.717, 1.165) is 35.6 Å². The molecule has 2 heterocycles. The van der Waals surface area contributed by atoms with Gasteiger partial charge in [-0.15, -0.1) is 0 Å². The lowest BCUT2D eigenvalue weighted by atomic mass is 10.1. The van der Waals surface area contributed by atoms with Gasteiger partial charge in [-0.3, -0.25) is 0 Å². The Morgan fingerprint density at radius 2 is 2.08 bits per heavy atom. The first-order chi connectivity index (χ1) is 11.4. The number of aryl methyl sites for hydroxylation is 2. The van der Waals surface area contributed by atoms with Crippen LogP contribution in [-0.2, 0) is 24.2 Å². The van der Waals surface area contributed by atoms with Crippen molar-refractivity contribution in [3.05, 3.63) is 41.9 Å². The lowest BCUT2D eigenvalue weighted by Gasteiger charge is -2.20. The van der Waals surface area contributed by atoms with Gasteiger partial charge in [-0.05, 0) is 39.2 Å². The molecular weight excluding hydrogens is 302 g/mol. The number of aromatic nitrogens is 2. The molecule has 1 aliphatic rings. The van der Waals surface area contributed by atoms with E-state index in [1.807, 2.05) is 39.0 Å². The van der Waals surface area contributed by atoms with Crippen LogP contribution in [0.2, 0.25) is 0 Å². The molecule has 1 aromatic carbocycles. The van der Waals surface area contributed by atoms with Gasteiger partial charge in [-0.25, -0.2) is 9.78 Å². The molecule has 1 aromatic heterocycles. The number of hydrogen-bond donors (Lipinski definition) is 1. The highest BCUT2D eigenvalue weighted by Crippen LogP contribution is 2.25. The van der Waals surface area contributed by atoms with Crippen LogP contribution in [0.15, 0.2) is 30.5 Å². The zero-order chi connectivity index (χ0) is 17.2. The number of ether oxygens (including phenoxy) is 1. The third-order valence-corrected chi connectivity index (χ3v) is 4.02. The summed E-state index contributed by atoms with van der Waals surface area (Å²) in [6.45, 7) is 7.04. The van der Waals surface area contributed by atoms with Crippen molar-refractivity contribution in [3.63, 3.8) is 0 Å². The number of hydrogen-bond acceptors (Lipinski definition) is 3. The van der Waals surface area contributed by atoms with Gasteiger partial charge < -0.3 is 14.6 Å². The molecule has 24 heavy (non-hydrogen) atoms. The summed E-state index contributed by atoms with van der Waals surface area (Å²) in [5.74, 6) is 1.16. The van der Waals surface area contributed by atoms with E-state index in [9.17, 15) is 4.79 Å². The van der Waals surface area contributed by atoms with E-state index in [1.54, 1.807) is 0 Å². The minimum Gasteiger partial charge on any atom is -0.444 e. The molecule has 0 aliphatic carbocycles. The molecule has 1 amide bonds. The molecule has 0 atom stereocenters. The van der Waals surface area contributed by atoms with Crippen LogP contribution in [0.1, 0.15) is 45.0 Å². The van der Waals surface area contributed by atoms with Gasteiger partial charge in [0.05, 0.1) is 5.69 Å². The molecular formula is C19H25N3O2. The molecule has 128 valence electrons. The molecule has 2 aromatic rings. The van der Waals surface area contributed by atoms with Crippen LogP contribution >= 0.6 is 0 Å². The number of amides is 1. The van der Waals surface area contributed by atoms with Crippen molar-refractivity contribution in [3.8, 4) is 11.3 Å². The van der Waals surface area contributed by atoms with Crippen molar-refractivity contribution in [1.82, 2.24) is 14.9 Å². The second-order valence-corrected chi connectivity index (χ2v) is 7.21. The molecule has 0 bridgehead atoms.